The van der Waals surface area contributed by atoms with Gasteiger partial charge in [0.2, 0.25) is 0 Å². The first-order valence-electron chi connectivity index (χ1n) is 2.01. The van der Waals surface area contributed by atoms with Crippen LogP contribution in [0.1, 0.15) is 6.42 Å². The largest absolute Gasteiger partial charge is 0.313 e. The second-order valence-corrected chi connectivity index (χ2v) is 1.01. The molecule has 7 heavy (non-hydrogen) atoms. The summed E-state index contributed by atoms with van der Waals surface area (Å²) in [5, 5.41) is 6.54. The summed E-state index contributed by atoms with van der Waals surface area (Å²) in [5.41, 5.74) is 0. The van der Waals surface area contributed by atoms with Crippen molar-refractivity contribution in [1.82, 2.24) is 0 Å². The van der Waals surface area contributed by atoms with Crippen LogP contribution in [0.4, 0.5) is 0 Å². The van der Waals surface area contributed by atoms with Gasteiger partial charge >= 0.3 is 0 Å². The summed E-state index contributed by atoms with van der Waals surface area (Å²) < 4.78 is 0. The van der Waals surface area contributed by atoms with Gasteiger partial charge in [0.05, 0.1) is 0 Å². The fourth-order valence-corrected chi connectivity index (χ4v) is 0.203. The Labute approximate surface area is 43.1 Å². The molecule has 0 saturated heterocycles. The van der Waals surface area contributed by atoms with Crippen LogP contribution in [-0.4, -0.2) is 12.9 Å². The second-order valence-electron chi connectivity index (χ2n) is 1.01. The quantitative estimate of drug-likeness (QED) is 0.513. The Morgan fingerprint density at radius 2 is 2.43 bits per heavy atom. The van der Waals surface area contributed by atoms with E-state index in [1.807, 2.05) is 0 Å². The average Bonchev–Trinajstić information content (AvgIpc) is 1.69. The van der Waals surface area contributed by atoms with Crippen molar-refractivity contribution in [3.63, 3.8) is 0 Å². The molecule has 0 radical (unpaired) electrons. The van der Waals surface area contributed by atoms with Gasteiger partial charge in [-0.2, -0.15) is 0 Å². The van der Waals surface area contributed by atoms with E-state index in [-0.39, 0.29) is 0 Å². The van der Waals surface area contributed by atoms with Crippen molar-refractivity contribution < 1.29 is 0 Å². The highest BCUT2D eigenvalue weighted by molar-refractivity contribution is 5.55. The zero-order valence-electron chi connectivity index (χ0n) is 4.09. The van der Waals surface area contributed by atoms with E-state index in [0.717, 1.165) is 0 Å². The third-order valence-electron chi connectivity index (χ3n) is 0.465. The Balaban J connectivity index is 3.08. The number of rotatable bonds is 3. The molecular weight excluding hydrogens is 88.1 g/mol. The summed E-state index contributed by atoms with van der Waals surface area (Å²) >= 11 is 0. The molecule has 2 nitrogen and oxygen atoms in total. The number of allylic oxidation sites excluding steroid dienone is 1. The summed E-state index contributed by atoms with van der Waals surface area (Å²) in [6.07, 6.45) is 5.30. The van der Waals surface area contributed by atoms with Gasteiger partial charge in [0.1, 0.15) is 0 Å². The third-order valence-corrected chi connectivity index (χ3v) is 0.465. The molecule has 0 spiro atoms. The Morgan fingerprint density at radius 3 is 2.86 bits per heavy atom. The average molecular weight is 96.1 g/mol. The molecule has 0 aromatic rings. The molecule has 0 amide bonds. The Bertz CT molecular complexity index is 84.1. The molecule has 0 aliphatic heterocycles. The van der Waals surface area contributed by atoms with Gasteiger partial charge in [0.25, 0.3) is 0 Å². The SMILES string of the molecule is C=N/C=C\CC=N. The molecule has 0 aliphatic rings. The molecule has 0 rings (SSSR count). The smallest absolute Gasteiger partial charge is 0.0224 e. The monoisotopic (exact) mass is 96.1 g/mol. The number of nitrogens with zero attached hydrogens (tertiary/aromatic N) is 1. The molecule has 0 unspecified atom stereocenters. The van der Waals surface area contributed by atoms with Crippen LogP contribution in [0.15, 0.2) is 17.3 Å². The fraction of sp³-hybridized carbons (Fsp3) is 0.200. The van der Waals surface area contributed by atoms with Crippen LogP contribution in [0.3, 0.4) is 0 Å². The molecule has 0 aromatic heterocycles. The molecule has 0 aliphatic carbocycles. The van der Waals surface area contributed by atoms with E-state index in [0.29, 0.717) is 6.42 Å². The van der Waals surface area contributed by atoms with Gasteiger partial charge in [-0.1, -0.05) is 6.08 Å². The van der Waals surface area contributed by atoms with Crippen LogP contribution in [0.5, 0.6) is 0 Å². The predicted molar refractivity (Wildman–Crippen MR) is 32.1 cm³/mol. The summed E-state index contributed by atoms with van der Waals surface area (Å²) in [4.78, 5) is 3.44. The Morgan fingerprint density at radius 1 is 1.71 bits per heavy atom. The van der Waals surface area contributed by atoms with Crippen molar-refractivity contribution >= 4 is 12.9 Å². The second kappa shape index (κ2) is 5.08. The molecular formula is C5H8N2. The van der Waals surface area contributed by atoms with Crippen LogP contribution in [-0.2, 0) is 0 Å². The lowest BCUT2D eigenvalue weighted by atomic mass is 10.4. The van der Waals surface area contributed by atoms with E-state index in [9.17, 15) is 0 Å². The molecule has 1 N–H and O–H groups in total. The zero-order chi connectivity index (χ0) is 5.54. The lowest BCUT2D eigenvalue weighted by molar-refractivity contribution is 1.41. The van der Waals surface area contributed by atoms with Gasteiger partial charge in [-0.3, -0.25) is 4.99 Å². The topological polar surface area (TPSA) is 36.2 Å². The van der Waals surface area contributed by atoms with Crippen molar-refractivity contribution in [2.45, 2.75) is 6.42 Å². The predicted octanol–water partition coefficient (Wildman–Crippen LogP) is 1.24. The van der Waals surface area contributed by atoms with Gasteiger partial charge in [-0.25, -0.2) is 0 Å². The molecule has 0 fully saturated rings. The highest BCUT2D eigenvalue weighted by atomic mass is 14.6. The summed E-state index contributed by atoms with van der Waals surface area (Å²) in [7, 11) is 0. The van der Waals surface area contributed by atoms with Crippen molar-refractivity contribution in [2.24, 2.45) is 4.99 Å². The van der Waals surface area contributed by atoms with Crippen molar-refractivity contribution in [3.8, 4) is 0 Å². The fourth-order valence-electron chi connectivity index (χ4n) is 0.203. The first-order valence-corrected chi connectivity index (χ1v) is 2.01. The van der Waals surface area contributed by atoms with Crippen LogP contribution in [0, 0.1) is 5.41 Å². The standard InChI is InChI=1S/C5H8N2/c1-7-5-3-2-4-6/h3-6H,1-2H2/b5-3-,6-4?. The first kappa shape index (κ1) is 6.08. The third kappa shape index (κ3) is 5.08. The van der Waals surface area contributed by atoms with E-state index in [4.69, 9.17) is 5.41 Å². The van der Waals surface area contributed by atoms with Gasteiger partial charge in [-0.05, 0) is 12.9 Å². The van der Waals surface area contributed by atoms with Crippen molar-refractivity contribution in [3.05, 3.63) is 12.3 Å². The number of hydrogen-bond acceptors (Lipinski definition) is 2. The van der Waals surface area contributed by atoms with Crippen LogP contribution >= 0.6 is 0 Å². The van der Waals surface area contributed by atoms with E-state index >= 15 is 0 Å². The molecule has 0 bridgehead atoms. The minimum atomic E-state index is 0.652. The normalized spacial score (nSPS) is 9.14. The summed E-state index contributed by atoms with van der Waals surface area (Å²) in [6.45, 7) is 3.22. The summed E-state index contributed by atoms with van der Waals surface area (Å²) in [5.74, 6) is 0. The van der Waals surface area contributed by atoms with Crippen LogP contribution in [0.2, 0.25) is 0 Å². The lowest BCUT2D eigenvalue weighted by Crippen LogP contribution is -1.60. The minimum absolute atomic E-state index is 0.652. The Kier molecular flexibility index (Phi) is 4.41. The zero-order valence-corrected chi connectivity index (χ0v) is 4.09. The van der Waals surface area contributed by atoms with Crippen molar-refractivity contribution in [1.29, 1.82) is 5.41 Å². The van der Waals surface area contributed by atoms with E-state index in [1.54, 1.807) is 12.3 Å². The number of nitrogens with one attached hydrogen (secondary N) is 1. The van der Waals surface area contributed by atoms with Gasteiger partial charge in [0.15, 0.2) is 0 Å². The Hall–Kier alpha value is -0.920. The molecule has 2 heteroatoms. The molecule has 0 atom stereocenters. The lowest BCUT2D eigenvalue weighted by Gasteiger charge is -1.70. The van der Waals surface area contributed by atoms with Crippen molar-refractivity contribution in [2.75, 3.05) is 0 Å². The first-order chi connectivity index (χ1) is 3.41. The molecule has 0 heterocycles. The highest BCUT2D eigenvalue weighted by Crippen LogP contribution is 1.75. The summed E-state index contributed by atoms with van der Waals surface area (Å²) in [6, 6.07) is 0. The van der Waals surface area contributed by atoms with E-state index in [2.05, 4.69) is 11.7 Å². The van der Waals surface area contributed by atoms with Crippen LogP contribution in [0.25, 0.3) is 0 Å². The van der Waals surface area contributed by atoms with E-state index in [1.165, 1.54) is 6.21 Å². The van der Waals surface area contributed by atoms with Crippen LogP contribution < -0.4 is 0 Å². The van der Waals surface area contributed by atoms with Gasteiger partial charge in [-0.15, -0.1) is 0 Å². The number of aliphatic imine (C=N–C) groups is 1. The number of hydrogen-bond donors (Lipinski definition) is 1. The maximum atomic E-state index is 6.54. The molecule has 38 valence electrons. The minimum Gasteiger partial charge on any atom is -0.313 e. The maximum absolute atomic E-state index is 6.54. The molecule has 0 aromatic carbocycles. The van der Waals surface area contributed by atoms with E-state index < -0.39 is 0 Å². The highest BCUT2D eigenvalue weighted by Gasteiger charge is 1.61. The molecule has 0 saturated carbocycles. The maximum Gasteiger partial charge on any atom is 0.0224 e. The van der Waals surface area contributed by atoms with Gasteiger partial charge in [0, 0.05) is 12.6 Å². The van der Waals surface area contributed by atoms with Gasteiger partial charge < -0.3 is 5.41 Å².